The van der Waals surface area contributed by atoms with E-state index in [0.29, 0.717) is 6.04 Å². The van der Waals surface area contributed by atoms with Crippen LogP contribution in [0.25, 0.3) is 0 Å². The molecule has 0 aliphatic heterocycles. The summed E-state index contributed by atoms with van der Waals surface area (Å²) in [5, 5.41) is 4.11. The third kappa shape index (κ3) is 2.70. The molecule has 0 saturated carbocycles. The van der Waals surface area contributed by atoms with Crippen molar-refractivity contribution in [2.45, 2.75) is 31.7 Å². The molecule has 1 aliphatic carbocycles. The second-order valence-corrected chi connectivity index (χ2v) is 6.16. The first kappa shape index (κ1) is 14.6. The van der Waals surface area contributed by atoms with Crippen LogP contribution >= 0.6 is 11.6 Å². The zero-order valence-electron chi connectivity index (χ0n) is 12.3. The summed E-state index contributed by atoms with van der Waals surface area (Å²) in [7, 11) is 1.96. The van der Waals surface area contributed by atoms with Gasteiger partial charge in [-0.3, -0.25) is 0 Å². The Kier molecular flexibility index (Phi) is 4.01. The van der Waals surface area contributed by atoms with Crippen molar-refractivity contribution in [3.63, 3.8) is 0 Å². The Morgan fingerprint density at radius 2 is 1.90 bits per heavy atom. The fourth-order valence-corrected chi connectivity index (χ4v) is 3.46. The minimum absolute atomic E-state index is 0.166. The lowest BCUT2D eigenvalue weighted by Gasteiger charge is -2.32. The first-order valence-electron chi connectivity index (χ1n) is 7.33. The number of hydrogen-bond donors (Lipinski definition) is 1. The van der Waals surface area contributed by atoms with Crippen molar-refractivity contribution in [3.8, 4) is 0 Å². The molecular formula is C18H19ClFN. The zero-order chi connectivity index (χ0) is 15.0. The van der Waals surface area contributed by atoms with E-state index in [1.165, 1.54) is 11.1 Å². The van der Waals surface area contributed by atoms with Gasteiger partial charge in [-0.05, 0) is 67.3 Å². The highest BCUT2D eigenvalue weighted by molar-refractivity contribution is 6.31. The molecule has 0 heterocycles. The molecule has 3 rings (SSSR count). The van der Waals surface area contributed by atoms with Gasteiger partial charge in [0, 0.05) is 17.0 Å². The van der Waals surface area contributed by atoms with Gasteiger partial charge in [0.05, 0.1) is 0 Å². The van der Waals surface area contributed by atoms with E-state index in [-0.39, 0.29) is 11.7 Å². The van der Waals surface area contributed by atoms with Crippen molar-refractivity contribution >= 4 is 11.6 Å². The van der Waals surface area contributed by atoms with Gasteiger partial charge in [0.25, 0.3) is 0 Å². The third-order valence-electron chi connectivity index (χ3n) is 4.48. The van der Waals surface area contributed by atoms with Crippen molar-refractivity contribution in [1.29, 1.82) is 0 Å². The number of nitrogens with one attached hydrogen (secondary N) is 1. The highest BCUT2D eigenvalue weighted by Gasteiger charge is 2.27. The Labute approximate surface area is 130 Å². The SMILES string of the molecule is CN[C@H]1CC[C@@H](c2ccc(Cl)c(C)c2)c2cc(F)ccc21. The maximum Gasteiger partial charge on any atom is 0.123 e. The molecular weight excluding hydrogens is 285 g/mol. The minimum Gasteiger partial charge on any atom is -0.313 e. The molecule has 2 aromatic rings. The van der Waals surface area contributed by atoms with Gasteiger partial charge in [-0.2, -0.15) is 0 Å². The molecule has 0 radical (unpaired) electrons. The summed E-state index contributed by atoms with van der Waals surface area (Å²) in [5.41, 5.74) is 4.60. The Balaban J connectivity index is 2.08. The van der Waals surface area contributed by atoms with E-state index < -0.39 is 0 Å². The van der Waals surface area contributed by atoms with Gasteiger partial charge in [-0.15, -0.1) is 0 Å². The van der Waals surface area contributed by atoms with E-state index in [9.17, 15) is 4.39 Å². The fourth-order valence-electron chi connectivity index (χ4n) is 3.34. The molecule has 1 nitrogen and oxygen atoms in total. The zero-order valence-corrected chi connectivity index (χ0v) is 13.0. The summed E-state index contributed by atoms with van der Waals surface area (Å²) in [6.07, 6.45) is 2.07. The first-order chi connectivity index (χ1) is 10.1. The van der Waals surface area contributed by atoms with Crippen LogP contribution < -0.4 is 5.32 Å². The molecule has 1 N–H and O–H groups in total. The second-order valence-electron chi connectivity index (χ2n) is 5.75. The largest absolute Gasteiger partial charge is 0.313 e. The van der Waals surface area contributed by atoms with Crippen LogP contribution in [0.3, 0.4) is 0 Å². The van der Waals surface area contributed by atoms with Gasteiger partial charge in [-0.25, -0.2) is 4.39 Å². The Morgan fingerprint density at radius 1 is 1.10 bits per heavy atom. The standard InChI is InChI=1S/C18H19ClFN/c1-11-9-12(3-7-17(11)19)14-6-8-18(21-2)15-5-4-13(20)10-16(14)15/h3-5,7,9-10,14,18,21H,6,8H2,1-2H3/t14-,18-/m0/s1. The van der Waals surface area contributed by atoms with Gasteiger partial charge in [0.2, 0.25) is 0 Å². The average Bonchev–Trinajstić information content (AvgIpc) is 2.49. The van der Waals surface area contributed by atoms with E-state index >= 15 is 0 Å². The summed E-state index contributed by atoms with van der Waals surface area (Å²) in [4.78, 5) is 0. The maximum absolute atomic E-state index is 13.7. The number of rotatable bonds is 2. The maximum atomic E-state index is 13.7. The van der Waals surface area contributed by atoms with E-state index in [2.05, 4.69) is 17.4 Å². The molecule has 0 fully saturated rings. The van der Waals surface area contributed by atoms with Crippen molar-refractivity contribution in [1.82, 2.24) is 5.32 Å². The van der Waals surface area contributed by atoms with E-state index in [4.69, 9.17) is 11.6 Å². The predicted molar refractivity (Wildman–Crippen MR) is 85.5 cm³/mol. The van der Waals surface area contributed by atoms with Crippen LogP contribution in [0, 0.1) is 12.7 Å². The summed E-state index contributed by atoms with van der Waals surface area (Å²) in [5.74, 6) is 0.0810. The van der Waals surface area contributed by atoms with Crippen LogP contribution in [0.15, 0.2) is 36.4 Å². The van der Waals surface area contributed by atoms with Crippen LogP contribution in [-0.2, 0) is 0 Å². The molecule has 2 atom stereocenters. The van der Waals surface area contributed by atoms with Crippen molar-refractivity contribution in [2.75, 3.05) is 7.05 Å². The number of fused-ring (bicyclic) bond motifs is 1. The molecule has 0 spiro atoms. The van der Waals surface area contributed by atoms with Crippen molar-refractivity contribution < 1.29 is 4.39 Å². The highest BCUT2D eigenvalue weighted by atomic mass is 35.5. The lowest BCUT2D eigenvalue weighted by Crippen LogP contribution is -2.24. The first-order valence-corrected chi connectivity index (χ1v) is 7.70. The summed E-state index contributed by atoms with van der Waals surface area (Å²) < 4.78 is 13.7. The molecule has 0 saturated heterocycles. The molecule has 1 aliphatic rings. The number of halogens is 2. The Bertz CT molecular complexity index is 668. The fraction of sp³-hybridized carbons (Fsp3) is 0.333. The molecule has 0 unspecified atom stereocenters. The van der Waals surface area contributed by atoms with Gasteiger partial charge < -0.3 is 5.32 Å². The van der Waals surface area contributed by atoms with Crippen molar-refractivity contribution in [3.05, 3.63) is 69.5 Å². The Morgan fingerprint density at radius 3 is 2.62 bits per heavy atom. The number of hydrogen-bond acceptors (Lipinski definition) is 1. The monoisotopic (exact) mass is 303 g/mol. The quantitative estimate of drug-likeness (QED) is 0.825. The molecule has 2 aromatic carbocycles. The van der Waals surface area contributed by atoms with E-state index in [0.717, 1.165) is 29.0 Å². The van der Waals surface area contributed by atoms with Gasteiger partial charge in [-0.1, -0.05) is 29.8 Å². The van der Waals surface area contributed by atoms with E-state index in [1.807, 2.05) is 26.1 Å². The van der Waals surface area contributed by atoms with Crippen LogP contribution in [0.2, 0.25) is 5.02 Å². The van der Waals surface area contributed by atoms with Gasteiger partial charge in [0.15, 0.2) is 0 Å². The van der Waals surface area contributed by atoms with E-state index in [1.54, 1.807) is 12.1 Å². The molecule has 110 valence electrons. The Hall–Kier alpha value is -1.38. The second kappa shape index (κ2) is 5.78. The van der Waals surface area contributed by atoms with Gasteiger partial charge in [0.1, 0.15) is 5.82 Å². The molecule has 21 heavy (non-hydrogen) atoms. The summed E-state index contributed by atoms with van der Waals surface area (Å²) in [6.45, 7) is 2.01. The average molecular weight is 304 g/mol. The lowest BCUT2D eigenvalue weighted by molar-refractivity contribution is 0.467. The normalized spacial score (nSPS) is 21.1. The van der Waals surface area contributed by atoms with Crippen LogP contribution in [-0.4, -0.2) is 7.05 Å². The molecule has 0 bridgehead atoms. The minimum atomic E-state index is -0.166. The summed E-state index contributed by atoms with van der Waals surface area (Å²) >= 11 is 6.12. The van der Waals surface area contributed by atoms with Crippen LogP contribution in [0.5, 0.6) is 0 Å². The van der Waals surface area contributed by atoms with Gasteiger partial charge >= 0.3 is 0 Å². The number of benzene rings is 2. The van der Waals surface area contributed by atoms with Crippen LogP contribution in [0.1, 0.15) is 47.1 Å². The third-order valence-corrected chi connectivity index (χ3v) is 4.90. The molecule has 0 aromatic heterocycles. The number of aryl methyl sites for hydroxylation is 1. The highest BCUT2D eigenvalue weighted by Crippen LogP contribution is 2.41. The molecule has 3 heteroatoms. The summed E-state index contributed by atoms with van der Waals surface area (Å²) in [6, 6.07) is 11.6. The smallest absolute Gasteiger partial charge is 0.123 e. The predicted octanol–water partition coefficient (Wildman–Crippen LogP) is 4.97. The van der Waals surface area contributed by atoms with Crippen LogP contribution in [0.4, 0.5) is 4.39 Å². The lowest BCUT2D eigenvalue weighted by atomic mass is 9.76. The molecule has 0 amide bonds. The van der Waals surface area contributed by atoms with Crippen molar-refractivity contribution in [2.24, 2.45) is 0 Å². The topological polar surface area (TPSA) is 12.0 Å².